The van der Waals surface area contributed by atoms with Gasteiger partial charge in [-0.3, -0.25) is 0 Å². The summed E-state index contributed by atoms with van der Waals surface area (Å²) >= 11 is 0. The van der Waals surface area contributed by atoms with E-state index in [1.807, 2.05) is 24.4 Å². The van der Waals surface area contributed by atoms with E-state index < -0.39 is 0 Å². The van der Waals surface area contributed by atoms with Crippen LogP contribution in [0.3, 0.4) is 0 Å². The fraction of sp³-hybridized carbons (Fsp3) is 0.129. The summed E-state index contributed by atoms with van der Waals surface area (Å²) in [6.45, 7) is 15.7. The van der Waals surface area contributed by atoms with E-state index in [4.69, 9.17) is 14.1 Å². The maximum absolute atomic E-state index is 6.75. The van der Waals surface area contributed by atoms with Gasteiger partial charge in [0.05, 0.1) is 10.9 Å². The van der Waals surface area contributed by atoms with E-state index in [9.17, 15) is 0 Å². The molecule has 0 radical (unpaired) electrons. The summed E-state index contributed by atoms with van der Waals surface area (Å²) in [6.07, 6.45) is 1.90. The number of nitrogens with zero attached hydrogens (tertiary/aromatic N) is 4. The quantitative estimate of drug-likeness (QED) is 0.149. The van der Waals surface area contributed by atoms with Gasteiger partial charge in [-0.25, -0.2) is 4.98 Å². The average Bonchev–Trinajstić information content (AvgIpc) is 4.03. The molecular formula is C62H49N4O2Pt-3. The first kappa shape index (κ1) is 44.1. The van der Waals surface area contributed by atoms with E-state index in [-0.39, 0.29) is 31.9 Å². The standard InChI is InChI=1S/C62H49N4O2.Pt/c1-61(2,3)43-32-33-63-56(36-43)66-54-38-47(29-30-49(54)60-59(66)57-48-25-14-13-22-42(48)28-31-55(57)68-60)67-46-24-17-23-45(37-46)64-39-65(53-27-16-15-26-52(53)64)58-50(40-18-9-7-10-19-40)34-44(62(4,5)6)35-51(58)41-20-11-8-12-21-41;/h7-36,39H,1-6H3;/q-3;. The van der Waals surface area contributed by atoms with Gasteiger partial charge in [0.1, 0.15) is 17.0 Å². The summed E-state index contributed by atoms with van der Waals surface area (Å²) < 4.78 is 15.7. The molecule has 0 aliphatic carbocycles. The van der Waals surface area contributed by atoms with Gasteiger partial charge >= 0.3 is 0 Å². The van der Waals surface area contributed by atoms with E-state index >= 15 is 0 Å². The van der Waals surface area contributed by atoms with Crippen LogP contribution in [0, 0.1) is 18.8 Å². The average molecular weight is 1080 g/mol. The predicted molar refractivity (Wildman–Crippen MR) is 280 cm³/mol. The van der Waals surface area contributed by atoms with E-state index in [1.54, 1.807) is 0 Å². The number of benzene rings is 8. The Morgan fingerprint density at radius 1 is 0.565 bits per heavy atom. The van der Waals surface area contributed by atoms with Crippen LogP contribution in [0.1, 0.15) is 52.7 Å². The maximum Gasteiger partial charge on any atom is 0.136 e. The van der Waals surface area contributed by atoms with Gasteiger partial charge in [-0.2, -0.15) is 12.1 Å². The van der Waals surface area contributed by atoms with Crippen LogP contribution in [0.5, 0.6) is 11.5 Å². The number of hydrogen-bond donors (Lipinski definition) is 0. The molecule has 0 unspecified atom stereocenters. The van der Waals surface area contributed by atoms with Crippen LogP contribution >= 0.6 is 0 Å². The molecule has 7 heteroatoms. The summed E-state index contributed by atoms with van der Waals surface area (Å²) in [5, 5.41) is 4.24. The molecule has 8 aromatic carbocycles. The van der Waals surface area contributed by atoms with Gasteiger partial charge in [-0.1, -0.05) is 156 Å². The molecule has 1 aliphatic heterocycles. The molecular weight excluding hydrogens is 1030 g/mol. The van der Waals surface area contributed by atoms with Gasteiger partial charge in [0, 0.05) is 67.0 Å². The number of pyridine rings is 1. The Kier molecular flexibility index (Phi) is 10.9. The molecule has 0 saturated carbocycles. The Morgan fingerprint density at radius 3 is 1.90 bits per heavy atom. The van der Waals surface area contributed by atoms with Crippen molar-refractivity contribution >= 4 is 66.5 Å². The monoisotopic (exact) mass is 1080 g/mol. The second-order valence-electron chi connectivity index (χ2n) is 19.8. The zero-order valence-corrected chi connectivity index (χ0v) is 41.6. The normalized spacial score (nSPS) is 12.8. The van der Waals surface area contributed by atoms with Gasteiger partial charge in [-0.15, -0.1) is 42.7 Å². The largest absolute Gasteiger partial charge is 0.509 e. The minimum Gasteiger partial charge on any atom is -0.509 e. The predicted octanol–water partition coefficient (Wildman–Crippen LogP) is 16.8. The summed E-state index contributed by atoms with van der Waals surface area (Å²) in [6, 6.07) is 69.1. The molecule has 0 spiro atoms. The number of hydrogen-bond acceptors (Lipinski definition) is 5. The first-order valence-corrected chi connectivity index (χ1v) is 23.3. The molecule has 6 nitrogen and oxygen atoms in total. The van der Waals surface area contributed by atoms with Crippen LogP contribution in [0.15, 0.2) is 187 Å². The third-order valence-corrected chi connectivity index (χ3v) is 13.2. The van der Waals surface area contributed by atoms with Crippen LogP contribution in [-0.4, -0.2) is 9.55 Å². The molecule has 0 amide bonds. The smallest absolute Gasteiger partial charge is 0.136 e. The molecule has 0 saturated heterocycles. The van der Waals surface area contributed by atoms with Crippen LogP contribution in [0.4, 0.5) is 22.7 Å². The number of furan rings is 1. The minimum atomic E-state index is -0.0840. The van der Waals surface area contributed by atoms with Crippen molar-refractivity contribution in [1.29, 1.82) is 0 Å². The van der Waals surface area contributed by atoms with Gasteiger partial charge in [0.2, 0.25) is 0 Å². The van der Waals surface area contributed by atoms with Crippen molar-refractivity contribution in [3.63, 3.8) is 0 Å². The number of aromatic nitrogens is 2. The van der Waals surface area contributed by atoms with Crippen molar-refractivity contribution in [3.05, 3.63) is 212 Å². The van der Waals surface area contributed by atoms with Gasteiger partial charge in [0.15, 0.2) is 0 Å². The third-order valence-electron chi connectivity index (χ3n) is 13.2. The Labute approximate surface area is 417 Å². The second-order valence-corrected chi connectivity index (χ2v) is 19.8. The van der Waals surface area contributed by atoms with Crippen molar-refractivity contribution in [2.45, 2.75) is 52.4 Å². The van der Waals surface area contributed by atoms with Gasteiger partial charge in [-0.05, 0) is 86.3 Å². The molecule has 0 atom stereocenters. The van der Waals surface area contributed by atoms with Crippen LogP contribution in [0.2, 0.25) is 0 Å². The first-order chi connectivity index (χ1) is 33.0. The SMILES string of the molecule is CC(C)(C)c1ccnc(-n2c3[c-]c(Oc4[c-]c(N5[CH-]N(c6c(-c7ccccc7)cc(C(C)(C)C)cc6-c6ccccc6)c6ccccc65)ccc4)ccc3c3oc4ccc5ccccc5c4c32)c1.[Pt]. The second kappa shape index (κ2) is 17.0. The zero-order chi connectivity index (χ0) is 46.3. The van der Waals surface area contributed by atoms with Crippen molar-refractivity contribution < 1.29 is 30.2 Å². The number of anilines is 4. The van der Waals surface area contributed by atoms with Crippen molar-refractivity contribution in [3.8, 4) is 39.6 Å². The number of ether oxygens (including phenoxy) is 1. The number of para-hydroxylation sites is 2. The van der Waals surface area contributed by atoms with Crippen molar-refractivity contribution in [2.24, 2.45) is 0 Å². The molecule has 12 rings (SSSR count). The molecule has 11 aromatic rings. The molecule has 1 aliphatic rings. The van der Waals surface area contributed by atoms with E-state index in [2.05, 4.69) is 232 Å². The molecule has 0 N–H and O–H groups in total. The summed E-state index contributed by atoms with van der Waals surface area (Å²) in [4.78, 5) is 9.53. The fourth-order valence-corrected chi connectivity index (χ4v) is 9.72. The van der Waals surface area contributed by atoms with E-state index in [1.165, 1.54) is 11.1 Å². The van der Waals surface area contributed by atoms with E-state index in [0.717, 1.165) is 94.6 Å². The Balaban J connectivity index is 0.00000520. The topological polar surface area (TPSA) is 46.7 Å². The summed E-state index contributed by atoms with van der Waals surface area (Å²) in [5.74, 6) is 1.92. The van der Waals surface area contributed by atoms with Crippen LogP contribution in [0.25, 0.3) is 71.8 Å². The van der Waals surface area contributed by atoms with Crippen molar-refractivity contribution in [2.75, 3.05) is 9.80 Å². The summed E-state index contributed by atoms with van der Waals surface area (Å²) in [7, 11) is 0. The number of fused-ring (bicyclic) bond motifs is 8. The molecule has 3 aromatic heterocycles. The van der Waals surface area contributed by atoms with E-state index in [0.29, 0.717) is 11.5 Å². The van der Waals surface area contributed by atoms with Crippen molar-refractivity contribution in [1.82, 2.24) is 9.55 Å². The van der Waals surface area contributed by atoms with Crippen LogP contribution < -0.4 is 14.5 Å². The molecule has 342 valence electrons. The van der Waals surface area contributed by atoms with Gasteiger partial charge in [0.25, 0.3) is 0 Å². The first-order valence-electron chi connectivity index (χ1n) is 23.3. The molecule has 0 bridgehead atoms. The van der Waals surface area contributed by atoms with Crippen LogP contribution in [-0.2, 0) is 31.9 Å². The maximum atomic E-state index is 6.75. The zero-order valence-electron chi connectivity index (χ0n) is 39.3. The molecule has 69 heavy (non-hydrogen) atoms. The summed E-state index contributed by atoms with van der Waals surface area (Å²) in [5.41, 5.74) is 14.4. The minimum absolute atomic E-state index is 0. The molecule has 0 fully saturated rings. The Morgan fingerprint density at radius 2 is 1.20 bits per heavy atom. The van der Waals surface area contributed by atoms with Gasteiger partial charge < -0.3 is 23.5 Å². The molecule has 4 heterocycles. The Hall–Kier alpha value is -7.40. The number of rotatable bonds is 7. The fourth-order valence-electron chi connectivity index (χ4n) is 9.72. The Bertz CT molecular complexity index is 3670. The third kappa shape index (κ3) is 7.68.